The Bertz CT molecular complexity index is 1270. The molecular formula is C30H35ClFNO7. The number of imide groups is 1. The highest BCUT2D eigenvalue weighted by molar-refractivity contribution is 6.30. The van der Waals surface area contributed by atoms with Gasteiger partial charge in [-0.05, 0) is 83.7 Å². The highest BCUT2D eigenvalue weighted by Crippen LogP contribution is 2.41. The van der Waals surface area contributed by atoms with E-state index in [9.17, 15) is 23.6 Å². The minimum absolute atomic E-state index is 0.0529. The predicted molar refractivity (Wildman–Crippen MR) is 147 cm³/mol. The van der Waals surface area contributed by atoms with Crippen molar-refractivity contribution < 1.29 is 37.8 Å². The Balaban J connectivity index is 1.90. The van der Waals surface area contributed by atoms with Crippen molar-refractivity contribution in [2.75, 3.05) is 6.61 Å². The van der Waals surface area contributed by atoms with Crippen molar-refractivity contribution >= 4 is 36.0 Å². The molecule has 216 valence electrons. The second-order valence-corrected chi connectivity index (χ2v) is 12.4. The molecule has 1 aliphatic heterocycles. The summed E-state index contributed by atoms with van der Waals surface area (Å²) in [4.78, 5) is 51.9. The van der Waals surface area contributed by atoms with E-state index < -0.39 is 53.2 Å². The lowest BCUT2D eigenvalue weighted by Gasteiger charge is -2.28. The highest BCUT2D eigenvalue weighted by atomic mass is 35.5. The van der Waals surface area contributed by atoms with Crippen LogP contribution < -0.4 is 0 Å². The number of hydrogen-bond donors (Lipinski definition) is 0. The highest BCUT2D eigenvalue weighted by Gasteiger charge is 2.55. The number of nitrogens with zero attached hydrogens (tertiary/aromatic N) is 1. The molecule has 2 atom stereocenters. The lowest BCUT2D eigenvalue weighted by Crippen LogP contribution is -2.46. The summed E-state index contributed by atoms with van der Waals surface area (Å²) in [5.41, 5.74) is -1.46. The first-order chi connectivity index (χ1) is 18.5. The summed E-state index contributed by atoms with van der Waals surface area (Å²) in [6.45, 7) is 9.60. The molecule has 2 aromatic carbocycles. The molecule has 1 fully saturated rings. The van der Waals surface area contributed by atoms with E-state index in [4.69, 9.17) is 25.8 Å². The van der Waals surface area contributed by atoms with Crippen molar-refractivity contribution in [3.8, 4) is 11.1 Å². The second kappa shape index (κ2) is 12.0. The van der Waals surface area contributed by atoms with E-state index in [-0.39, 0.29) is 19.3 Å². The minimum Gasteiger partial charge on any atom is -0.443 e. The molecule has 8 nitrogen and oxygen atoms in total. The summed E-state index contributed by atoms with van der Waals surface area (Å²) in [5.74, 6) is -1.08. The van der Waals surface area contributed by atoms with Crippen LogP contribution in [0.3, 0.4) is 0 Å². The number of aldehydes is 1. The standard InChI is InChI=1S/C30H35ClFNO7/c1-28(2,3)39-26(36)33-22(15-19-7-9-20(10-8-19)23-16-21(31)11-12-24(23)32)17-30(13-14-34,25(33)35)18-38-27(37)40-29(4,5)6/h7-12,14,16,22H,13,15,17-18H2,1-6H3. The Labute approximate surface area is 238 Å². The number of rotatable bonds is 7. The van der Waals surface area contributed by atoms with Crippen LogP contribution >= 0.6 is 11.6 Å². The fourth-order valence-corrected chi connectivity index (χ4v) is 4.73. The summed E-state index contributed by atoms with van der Waals surface area (Å²) < 4.78 is 30.3. The Hall–Kier alpha value is -3.46. The zero-order valence-electron chi connectivity index (χ0n) is 23.6. The molecule has 2 amide bonds. The molecule has 0 bridgehead atoms. The van der Waals surface area contributed by atoms with Gasteiger partial charge in [0, 0.05) is 23.0 Å². The molecule has 0 aromatic heterocycles. The molecule has 1 saturated heterocycles. The van der Waals surface area contributed by atoms with Crippen molar-refractivity contribution in [2.24, 2.45) is 5.41 Å². The molecule has 3 rings (SSSR count). The van der Waals surface area contributed by atoms with Gasteiger partial charge in [-0.15, -0.1) is 0 Å². The number of ether oxygens (including phenoxy) is 3. The maximum absolute atomic E-state index is 14.4. The summed E-state index contributed by atoms with van der Waals surface area (Å²) >= 11 is 6.03. The van der Waals surface area contributed by atoms with Crippen LogP contribution in [-0.2, 0) is 30.2 Å². The molecule has 40 heavy (non-hydrogen) atoms. The Morgan fingerprint density at radius 3 is 2.25 bits per heavy atom. The number of amides is 2. The van der Waals surface area contributed by atoms with Gasteiger partial charge in [0.1, 0.15) is 29.9 Å². The maximum Gasteiger partial charge on any atom is 0.508 e. The number of likely N-dealkylation sites (tertiary alicyclic amines) is 1. The van der Waals surface area contributed by atoms with Crippen LogP contribution in [0.2, 0.25) is 5.02 Å². The number of halogens is 2. The third kappa shape index (κ3) is 7.81. The van der Waals surface area contributed by atoms with E-state index in [1.807, 2.05) is 0 Å². The third-order valence-electron chi connectivity index (χ3n) is 6.25. The zero-order chi connectivity index (χ0) is 29.9. The molecule has 1 aliphatic rings. The van der Waals surface area contributed by atoms with Crippen LogP contribution in [-0.4, -0.2) is 53.2 Å². The number of carbonyl (C=O) groups excluding carboxylic acids is 4. The summed E-state index contributed by atoms with van der Waals surface area (Å²) in [7, 11) is 0. The van der Waals surface area contributed by atoms with Gasteiger partial charge in [0.15, 0.2) is 0 Å². The molecule has 1 heterocycles. The first kappa shape index (κ1) is 31.1. The molecule has 0 N–H and O–H groups in total. The third-order valence-corrected chi connectivity index (χ3v) is 6.48. The number of hydrogen-bond acceptors (Lipinski definition) is 7. The van der Waals surface area contributed by atoms with Crippen LogP contribution in [0, 0.1) is 11.2 Å². The van der Waals surface area contributed by atoms with E-state index in [2.05, 4.69) is 0 Å². The van der Waals surface area contributed by atoms with Crippen LogP contribution in [0.25, 0.3) is 11.1 Å². The van der Waals surface area contributed by atoms with E-state index in [0.717, 1.165) is 10.5 Å². The first-order valence-electron chi connectivity index (χ1n) is 12.9. The van der Waals surface area contributed by atoms with Crippen LogP contribution in [0.4, 0.5) is 14.0 Å². The largest absolute Gasteiger partial charge is 0.508 e. The normalized spacial score (nSPS) is 19.4. The molecule has 0 aliphatic carbocycles. The van der Waals surface area contributed by atoms with Crippen LogP contribution in [0.15, 0.2) is 42.5 Å². The second-order valence-electron chi connectivity index (χ2n) is 11.9. The van der Waals surface area contributed by atoms with Gasteiger partial charge in [-0.2, -0.15) is 0 Å². The van der Waals surface area contributed by atoms with Gasteiger partial charge >= 0.3 is 12.2 Å². The monoisotopic (exact) mass is 575 g/mol. The fraction of sp³-hybridized carbons (Fsp3) is 0.467. The van der Waals surface area contributed by atoms with Gasteiger partial charge in [-0.3, -0.25) is 4.79 Å². The minimum atomic E-state index is -1.47. The van der Waals surface area contributed by atoms with E-state index in [0.29, 0.717) is 22.4 Å². The number of carbonyl (C=O) groups is 4. The van der Waals surface area contributed by atoms with Gasteiger partial charge in [0.2, 0.25) is 5.91 Å². The quantitative estimate of drug-likeness (QED) is 0.266. The predicted octanol–water partition coefficient (Wildman–Crippen LogP) is 6.75. The SMILES string of the molecule is CC(C)(C)OC(=O)OCC1(CC=O)CC(Cc2ccc(-c3cc(Cl)ccc3F)cc2)N(C(=O)OC(C)(C)C)C1=O. The van der Waals surface area contributed by atoms with Gasteiger partial charge in [-0.1, -0.05) is 35.9 Å². The van der Waals surface area contributed by atoms with E-state index in [1.54, 1.807) is 65.8 Å². The smallest absolute Gasteiger partial charge is 0.443 e. The van der Waals surface area contributed by atoms with Crippen molar-refractivity contribution in [2.45, 2.75) is 78.0 Å². The lowest BCUT2D eigenvalue weighted by molar-refractivity contribution is -0.140. The lowest BCUT2D eigenvalue weighted by atomic mass is 9.82. The van der Waals surface area contributed by atoms with Crippen molar-refractivity contribution in [3.05, 3.63) is 58.9 Å². The summed E-state index contributed by atoms with van der Waals surface area (Å²) in [6, 6.07) is 10.6. The van der Waals surface area contributed by atoms with Gasteiger partial charge in [0.25, 0.3) is 0 Å². The van der Waals surface area contributed by atoms with Crippen LogP contribution in [0.5, 0.6) is 0 Å². The zero-order valence-corrected chi connectivity index (χ0v) is 24.3. The maximum atomic E-state index is 14.4. The number of benzene rings is 2. The van der Waals surface area contributed by atoms with Gasteiger partial charge < -0.3 is 19.0 Å². The molecular weight excluding hydrogens is 541 g/mol. The fourth-order valence-electron chi connectivity index (χ4n) is 4.55. The molecule has 2 aromatic rings. The Kier molecular flexibility index (Phi) is 9.29. The summed E-state index contributed by atoms with van der Waals surface area (Å²) in [6.07, 6.45) is -1.25. The van der Waals surface area contributed by atoms with Gasteiger partial charge in [-0.25, -0.2) is 18.9 Å². The first-order valence-corrected chi connectivity index (χ1v) is 13.3. The average molecular weight is 576 g/mol. The average Bonchev–Trinajstić information content (AvgIpc) is 3.09. The van der Waals surface area contributed by atoms with E-state index >= 15 is 0 Å². The Morgan fingerprint density at radius 1 is 1.05 bits per heavy atom. The van der Waals surface area contributed by atoms with E-state index in [1.165, 1.54) is 18.2 Å². The Morgan fingerprint density at radius 2 is 1.68 bits per heavy atom. The topological polar surface area (TPSA) is 99.2 Å². The molecule has 0 radical (unpaired) electrons. The molecule has 0 saturated carbocycles. The molecule has 10 heteroatoms. The van der Waals surface area contributed by atoms with Gasteiger partial charge in [0.05, 0.1) is 5.41 Å². The summed E-state index contributed by atoms with van der Waals surface area (Å²) in [5, 5.41) is 0.401. The van der Waals surface area contributed by atoms with Crippen molar-refractivity contribution in [3.63, 3.8) is 0 Å². The van der Waals surface area contributed by atoms with Crippen molar-refractivity contribution in [1.82, 2.24) is 4.90 Å². The van der Waals surface area contributed by atoms with Crippen molar-refractivity contribution in [1.29, 1.82) is 0 Å². The van der Waals surface area contributed by atoms with Crippen LogP contribution in [0.1, 0.15) is 59.9 Å². The molecule has 0 spiro atoms. The molecule has 2 unspecified atom stereocenters.